The van der Waals surface area contributed by atoms with Crippen LogP contribution in [0.3, 0.4) is 0 Å². The summed E-state index contributed by atoms with van der Waals surface area (Å²) in [5.74, 6) is 1.12. The summed E-state index contributed by atoms with van der Waals surface area (Å²) in [5.41, 5.74) is 0.569. The van der Waals surface area contributed by atoms with Gasteiger partial charge in [0.15, 0.2) is 11.5 Å². The molecule has 0 N–H and O–H groups in total. The van der Waals surface area contributed by atoms with Gasteiger partial charge in [-0.25, -0.2) is 0 Å². The number of rotatable bonds is 4. The van der Waals surface area contributed by atoms with Crippen LogP contribution in [-0.4, -0.2) is 38.1 Å². The van der Waals surface area contributed by atoms with Crippen molar-refractivity contribution in [3.8, 4) is 11.5 Å². The summed E-state index contributed by atoms with van der Waals surface area (Å²) >= 11 is 0. The number of carbonyl (C=O) groups is 1. The van der Waals surface area contributed by atoms with Crippen molar-refractivity contribution in [2.75, 3.05) is 21.3 Å². The third-order valence-corrected chi connectivity index (χ3v) is 4.08. The second-order valence-corrected chi connectivity index (χ2v) is 5.25. The van der Waals surface area contributed by atoms with Gasteiger partial charge in [0.2, 0.25) is 0 Å². The van der Waals surface area contributed by atoms with Gasteiger partial charge in [0.25, 0.3) is 5.91 Å². The lowest BCUT2D eigenvalue weighted by molar-refractivity contribution is 0.0692. The van der Waals surface area contributed by atoms with Crippen molar-refractivity contribution in [3.05, 3.63) is 23.8 Å². The first kappa shape index (κ1) is 14.7. The topological polar surface area (TPSA) is 38.8 Å². The molecule has 0 aliphatic heterocycles. The van der Waals surface area contributed by atoms with Crippen molar-refractivity contribution >= 4 is 5.91 Å². The fourth-order valence-corrected chi connectivity index (χ4v) is 2.88. The molecule has 1 aliphatic carbocycles. The fraction of sp³-hybridized carbons (Fsp3) is 0.562. The summed E-state index contributed by atoms with van der Waals surface area (Å²) < 4.78 is 10.6. The number of para-hydroxylation sites is 1. The molecule has 0 unspecified atom stereocenters. The molecule has 0 heterocycles. The highest BCUT2D eigenvalue weighted by atomic mass is 16.5. The average molecular weight is 277 g/mol. The van der Waals surface area contributed by atoms with Gasteiger partial charge in [-0.2, -0.15) is 0 Å². The molecule has 1 fully saturated rings. The van der Waals surface area contributed by atoms with Crippen molar-refractivity contribution in [1.82, 2.24) is 4.90 Å². The second-order valence-electron chi connectivity index (χ2n) is 5.25. The van der Waals surface area contributed by atoms with Gasteiger partial charge in [-0.15, -0.1) is 0 Å². The number of methoxy groups -OCH3 is 2. The molecule has 0 bridgehead atoms. The quantitative estimate of drug-likeness (QED) is 0.849. The molecule has 4 nitrogen and oxygen atoms in total. The standard InChI is InChI=1S/C16H23NO3/c1-17(12-8-5-4-6-9-12)16(18)13-10-7-11-14(19-2)15(13)20-3/h7,10-12H,4-6,8-9H2,1-3H3. The number of nitrogens with zero attached hydrogens (tertiary/aromatic N) is 1. The second kappa shape index (κ2) is 6.64. The third kappa shape index (κ3) is 2.89. The number of benzene rings is 1. The molecule has 1 aliphatic rings. The lowest BCUT2D eigenvalue weighted by Crippen LogP contribution is -2.38. The molecule has 1 saturated carbocycles. The zero-order valence-electron chi connectivity index (χ0n) is 12.5. The predicted molar refractivity (Wildman–Crippen MR) is 78.5 cm³/mol. The van der Waals surface area contributed by atoms with Crippen molar-refractivity contribution in [2.45, 2.75) is 38.1 Å². The summed E-state index contributed by atoms with van der Waals surface area (Å²) in [5, 5.41) is 0. The van der Waals surface area contributed by atoms with Gasteiger partial charge in [0.05, 0.1) is 19.8 Å². The largest absolute Gasteiger partial charge is 0.493 e. The van der Waals surface area contributed by atoms with E-state index in [1.165, 1.54) is 19.3 Å². The van der Waals surface area contributed by atoms with Crippen molar-refractivity contribution in [3.63, 3.8) is 0 Å². The lowest BCUT2D eigenvalue weighted by atomic mass is 9.94. The maximum atomic E-state index is 12.7. The molecule has 20 heavy (non-hydrogen) atoms. The normalized spacial score (nSPS) is 15.8. The maximum Gasteiger partial charge on any atom is 0.257 e. The summed E-state index contributed by atoms with van der Waals surface area (Å²) in [4.78, 5) is 14.5. The monoisotopic (exact) mass is 277 g/mol. The zero-order valence-corrected chi connectivity index (χ0v) is 12.5. The molecule has 0 saturated heterocycles. The number of carbonyl (C=O) groups excluding carboxylic acids is 1. The Hall–Kier alpha value is -1.71. The number of hydrogen-bond acceptors (Lipinski definition) is 3. The summed E-state index contributed by atoms with van der Waals surface area (Å²) in [6.45, 7) is 0. The minimum absolute atomic E-state index is 0.00708. The Labute approximate surface area is 120 Å². The molecule has 1 aromatic carbocycles. The number of hydrogen-bond donors (Lipinski definition) is 0. The molecule has 110 valence electrons. The first-order valence-corrected chi connectivity index (χ1v) is 7.17. The van der Waals surface area contributed by atoms with Gasteiger partial charge in [-0.3, -0.25) is 4.79 Å². The van der Waals surface area contributed by atoms with Gasteiger partial charge >= 0.3 is 0 Å². The molecule has 1 amide bonds. The Kier molecular flexibility index (Phi) is 4.88. The molecule has 1 aromatic rings. The van der Waals surface area contributed by atoms with E-state index in [1.54, 1.807) is 26.4 Å². The highest BCUT2D eigenvalue weighted by molar-refractivity contribution is 5.97. The molecule has 4 heteroatoms. The summed E-state index contributed by atoms with van der Waals surface area (Å²) in [6, 6.07) is 5.76. The van der Waals surface area contributed by atoms with Crippen LogP contribution in [0, 0.1) is 0 Å². The van der Waals surface area contributed by atoms with E-state index in [4.69, 9.17) is 9.47 Å². The zero-order chi connectivity index (χ0) is 14.5. The van der Waals surface area contributed by atoms with Crippen LogP contribution in [0.4, 0.5) is 0 Å². The van der Waals surface area contributed by atoms with Gasteiger partial charge in [0.1, 0.15) is 0 Å². The molecule has 2 rings (SSSR count). The van der Waals surface area contributed by atoms with E-state index in [9.17, 15) is 4.79 Å². The molecule has 0 spiro atoms. The Morgan fingerprint density at radius 1 is 1.15 bits per heavy atom. The third-order valence-electron chi connectivity index (χ3n) is 4.08. The van der Waals surface area contributed by atoms with Crippen LogP contribution >= 0.6 is 0 Å². The van der Waals surface area contributed by atoms with Gasteiger partial charge < -0.3 is 14.4 Å². The Bertz CT molecular complexity index is 467. The van der Waals surface area contributed by atoms with E-state index in [0.717, 1.165) is 12.8 Å². The van der Waals surface area contributed by atoms with Crippen LogP contribution in [0.15, 0.2) is 18.2 Å². The van der Waals surface area contributed by atoms with E-state index < -0.39 is 0 Å². The summed E-state index contributed by atoms with van der Waals surface area (Å²) in [7, 11) is 5.03. The Morgan fingerprint density at radius 2 is 1.85 bits per heavy atom. The van der Waals surface area contributed by atoms with Crippen molar-refractivity contribution in [1.29, 1.82) is 0 Å². The minimum atomic E-state index is 0.00708. The van der Waals surface area contributed by atoms with Crippen molar-refractivity contribution < 1.29 is 14.3 Å². The smallest absolute Gasteiger partial charge is 0.257 e. The van der Waals surface area contributed by atoms with Gasteiger partial charge in [0, 0.05) is 13.1 Å². The van der Waals surface area contributed by atoms with Crippen LogP contribution in [0.2, 0.25) is 0 Å². The molecular weight excluding hydrogens is 254 g/mol. The Balaban J connectivity index is 2.23. The van der Waals surface area contributed by atoms with E-state index in [0.29, 0.717) is 23.1 Å². The first-order valence-electron chi connectivity index (χ1n) is 7.17. The predicted octanol–water partition coefficient (Wildman–Crippen LogP) is 3.11. The minimum Gasteiger partial charge on any atom is -0.493 e. The van der Waals surface area contributed by atoms with E-state index in [-0.39, 0.29) is 5.91 Å². The van der Waals surface area contributed by atoms with Crippen LogP contribution < -0.4 is 9.47 Å². The van der Waals surface area contributed by atoms with Crippen LogP contribution in [0.1, 0.15) is 42.5 Å². The summed E-state index contributed by atoms with van der Waals surface area (Å²) in [6.07, 6.45) is 5.87. The van der Waals surface area contributed by atoms with E-state index >= 15 is 0 Å². The van der Waals surface area contributed by atoms with Gasteiger partial charge in [-0.05, 0) is 25.0 Å². The maximum absolute atomic E-state index is 12.7. The molecule has 0 aromatic heterocycles. The number of ether oxygens (including phenoxy) is 2. The highest BCUT2D eigenvalue weighted by Gasteiger charge is 2.26. The van der Waals surface area contributed by atoms with Gasteiger partial charge in [-0.1, -0.05) is 25.3 Å². The van der Waals surface area contributed by atoms with E-state index in [2.05, 4.69) is 0 Å². The molecular formula is C16H23NO3. The molecule has 0 radical (unpaired) electrons. The number of amides is 1. The van der Waals surface area contributed by atoms with Crippen molar-refractivity contribution in [2.24, 2.45) is 0 Å². The molecule has 0 atom stereocenters. The fourth-order valence-electron chi connectivity index (χ4n) is 2.88. The Morgan fingerprint density at radius 3 is 2.45 bits per heavy atom. The lowest BCUT2D eigenvalue weighted by Gasteiger charge is -2.31. The van der Waals surface area contributed by atoms with E-state index in [1.807, 2.05) is 18.0 Å². The van der Waals surface area contributed by atoms with Crippen LogP contribution in [0.5, 0.6) is 11.5 Å². The first-order chi connectivity index (χ1) is 9.69. The average Bonchev–Trinajstić information content (AvgIpc) is 2.53. The SMILES string of the molecule is COc1cccc(C(=O)N(C)C2CCCCC2)c1OC. The van der Waals surface area contributed by atoms with Crippen LogP contribution in [-0.2, 0) is 0 Å². The van der Waals surface area contributed by atoms with Crippen LogP contribution in [0.25, 0.3) is 0 Å². The highest BCUT2D eigenvalue weighted by Crippen LogP contribution is 2.32.